The van der Waals surface area contributed by atoms with Crippen LogP contribution in [0.2, 0.25) is 0 Å². The summed E-state index contributed by atoms with van der Waals surface area (Å²) in [7, 11) is 0. The van der Waals surface area contributed by atoms with Gasteiger partial charge in [-0.1, -0.05) is 91.0 Å². The molecule has 0 aliphatic carbocycles. The fourth-order valence-corrected chi connectivity index (χ4v) is 9.19. The Morgan fingerprint density at radius 2 is 0.938 bits per heavy atom. The number of aromatic amines is 2. The van der Waals surface area contributed by atoms with Gasteiger partial charge in [0.1, 0.15) is 16.8 Å². The second-order valence-corrected chi connectivity index (χ2v) is 20.6. The van der Waals surface area contributed by atoms with Crippen LogP contribution in [-0.4, -0.2) is 78.0 Å². The molecule has 0 saturated carbocycles. The normalized spacial score (nSPS) is 16.7. The maximum absolute atomic E-state index is 12.2. The van der Waals surface area contributed by atoms with Gasteiger partial charge in [0.25, 0.3) is 0 Å². The number of benzene rings is 3. The molecule has 5 aromatic rings. The summed E-state index contributed by atoms with van der Waals surface area (Å²) in [6.45, 7) is 21.5. The highest BCUT2D eigenvalue weighted by Crippen LogP contribution is 2.50. The van der Waals surface area contributed by atoms with E-state index in [1.165, 1.54) is 16.7 Å². The third-order valence-corrected chi connectivity index (χ3v) is 11.3. The summed E-state index contributed by atoms with van der Waals surface area (Å²) < 4.78 is 20.8. The Morgan fingerprint density at radius 3 is 1.31 bits per heavy atom. The summed E-state index contributed by atoms with van der Waals surface area (Å²) in [4.78, 5) is 54.4. The molecule has 3 aromatic carbocycles. The molecule has 0 spiro atoms. The molecule has 7 rings (SSSR count). The lowest BCUT2D eigenvalue weighted by Gasteiger charge is -2.46. The average Bonchev–Trinajstić information content (AvgIpc) is 4.02. The zero-order valence-electron chi connectivity index (χ0n) is 39.5. The maximum atomic E-state index is 12.2. The Bertz CT molecular complexity index is 2210. The van der Waals surface area contributed by atoms with Crippen LogP contribution in [0, 0.1) is 13.8 Å². The third kappa shape index (κ3) is 13.8. The number of nitrogens with zero attached hydrogens (tertiary/aromatic N) is 4. The summed E-state index contributed by atoms with van der Waals surface area (Å²) in [5, 5.41) is 0. The van der Waals surface area contributed by atoms with E-state index in [9.17, 15) is 14.4 Å². The van der Waals surface area contributed by atoms with Crippen LogP contribution in [0.25, 0.3) is 0 Å². The maximum Gasteiger partial charge on any atom is 0.519 e. The Hall–Kier alpha value is -4.99. The Kier molecular flexibility index (Phi) is 16.9. The van der Waals surface area contributed by atoms with Gasteiger partial charge in [0.05, 0.1) is 29.0 Å². The molecule has 0 radical (unpaired) electrons. The van der Waals surface area contributed by atoms with Crippen molar-refractivity contribution in [3.05, 3.63) is 140 Å². The number of amides is 1. The average molecular weight is 1020 g/mol. The number of imidazole rings is 2. The molecule has 2 saturated heterocycles. The molecule has 2 aliphatic heterocycles. The van der Waals surface area contributed by atoms with Crippen LogP contribution in [0.15, 0.2) is 100 Å². The molecular formula is C50H64Br2N6O7. The van der Waals surface area contributed by atoms with Gasteiger partial charge >= 0.3 is 18.4 Å². The zero-order chi connectivity index (χ0) is 47.7. The number of likely N-dealkylation sites (tertiary alicyclic amines) is 2. The molecule has 13 nitrogen and oxygen atoms in total. The van der Waals surface area contributed by atoms with Crippen molar-refractivity contribution in [3.8, 4) is 0 Å². The monoisotopic (exact) mass is 1020 g/mol. The summed E-state index contributed by atoms with van der Waals surface area (Å²) >= 11 is 6.88. The molecule has 1 amide bonds. The first-order valence-corrected chi connectivity index (χ1v) is 23.6. The van der Waals surface area contributed by atoms with Gasteiger partial charge < -0.3 is 28.9 Å². The molecule has 0 bridgehead atoms. The number of nitrogens with one attached hydrogen (secondary N) is 2. The van der Waals surface area contributed by atoms with Gasteiger partial charge in [-0.25, -0.2) is 24.4 Å². The standard InChI is InChI=1S/C27H26BrN3.C13H20BrN3O2.C10H18O5/c1-20-25(30-26(28)29-20)24-18-11-19-31(24)27(21-12-5-2-6-13-21,22-14-7-3-8-15-22)23-16-9-4-10-17-23;1-8-10(16-11(14)15-8)9-6-5-7-17(9)12(18)19-13(2,3)4;1-9(2,3)14-7(11)13-8(12)15-10(4,5)6/h2-10,12-17,24H,11,18-19H2,1H3,(H,29,30);9H,5-7H2,1-4H3,(H,15,16);1-6H3/t24-;9-;/m00./s1. The fourth-order valence-electron chi connectivity index (χ4n) is 8.21. The van der Waals surface area contributed by atoms with Crippen molar-refractivity contribution < 1.29 is 33.3 Å². The van der Waals surface area contributed by atoms with E-state index in [2.05, 4.69) is 154 Å². The first kappa shape index (κ1) is 51.0. The summed E-state index contributed by atoms with van der Waals surface area (Å²) in [6, 6.07) is 33.0. The number of hydrogen-bond acceptors (Lipinski definition) is 10. The van der Waals surface area contributed by atoms with Gasteiger partial charge in [-0.05, 0) is 150 Å². The minimum absolute atomic E-state index is 0.0115. The Labute approximate surface area is 400 Å². The van der Waals surface area contributed by atoms with E-state index in [-0.39, 0.29) is 18.2 Å². The summed E-state index contributed by atoms with van der Waals surface area (Å²) in [5.41, 5.74) is 5.78. The van der Waals surface area contributed by atoms with Crippen molar-refractivity contribution in [3.63, 3.8) is 0 Å². The van der Waals surface area contributed by atoms with Crippen molar-refractivity contribution in [1.29, 1.82) is 0 Å². The highest BCUT2D eigenvalue weighted by molar-refractivity contribution is 9.10. The van der Waals surface area contributed by atoms with Crippen LogP contribution in [0.5, 0.6) is 0 Å². The number of halogens is 2. The number of aryl methyl sites for hydroxylation is 2. The number of carbonyl (C=O) groups is 3. The predicted octanol–water partition coefficient (Wildman–Crippen LogP) is 13.0. The minimum Gasteiger partial charge on any atom is -0.444 e. The van der Waals surface area contributed by atoms with Crippen molar-refractivity contribution in [1.82, 2.24) is 29.7 Å². The van der Waals surface area contributed by atoms with E-state index in [4.69, 9.17) is 19.2 Å². The summed E-state index contributed by atoms with van der Waals surface area (Å²) in [5.74, 6) is 0. The molecule has 2 aliphatic rings. The van der Waals surface area contributed by atoms with Crippen LogP contribution >= 0.6 is 31.9 Å². The van der Waals surface area contributed by atoms with E-state index < -0.39 is 34.7 Å². The number of rotatable bonds is 6. The van der Waals surface area contributed by atoms with Crippen molar-refractivity contribution in [2.45, 2.75) is 136 Å². The smallest absolute Gasteiger partial charge is 0.444 e. The lowest BCUT2D eigenvalue weighted by Crippen LogP contribution is -2.47. The van der Waals surface area contributed by atoms with E-state index in [1.807, 2.05) is 27.7 Å². The van der Waals surface area contributed by atoms with E-state index in [1.54, 1.807) is 46.4 Å². The predicted molar refractivity (Wildman–Crippen MR) is 258 cm³/mol. The number of hydrogen-bond donors (Lipinski definition) is 2. The number of carbonyl (C=O) groups excluding carboxylic acids is 3. The van der Waals surface area contributed by atoms with Crippen LogP contribution < -0.4 is 0 Å². The quantitative estimate of drug-likeness (QED) is 0.0728. The molecule has 15 heteroatoms. The largest absolute Gasteiger partial charge is 0.519 e. The molecule has 2 aromatic heterocycles. The molecule has 2 N–H and O–H groups in total. The second-order valence-electron chi connectivity index (χ2n) is 19.1. The molecule has 65 heavy (non-hydrogen) atoms. The highest BCUT2D eigenvalue weighted by Gasteiger charge is 2.48. The van der Waals surface area contributed by atoms with Crippen LogP contribution in [0.1, 0.15) is 140 Å². The van der Waals surface area contributed by atoms with E-state index >= 15 is 0 Å². The first-order chi connectivity index (χ1) is 30.5. The van der Waals surface area contributed by atoms with Gasteiger partial charge in [-0.15, -0.1) is 0 Å². The zero-order valence-corrected chi connectivity index (χ0v) is 42.6. The third-order valence-electron chi connectivity index (χ3n) is 10.5. The molecule has 0 unspecified atom stereocenters. The topological polar surface area (TPSA) is 152 Å². The number of aromatic nitrogens is 4. The van der Waals surface area contributed by atoms with Gasteiger partial charge in [0, 0.05) is 24.5 Å². The van der Waals surface area contributed by atoms with Crippen molar-refractivity contribution in [2.24, 2.45) is 0 Å². The minimum atomic E-state index is -1.06. The Morgan fingerprint density at radius 1 is 0.569 bits per heavy atom. The van der Waals surface area contributed by atoms with Gasteiger partial charge in [-0.3, -0.25) is 9.80 Å². The van der Waals surface area contributed by atoms with E-state index in [0.29, 0.717) is 4.73 Å². The molecule has 350 valence electrons. The first-order valence-electron chi connectivity index (χ1n) is 22.0. The van der Waals surface area contributed by atoms with Crippen molar-refractivity contribution in [2.75, 3.05) is 13.1 Å². The van der Waals surface area contributed by atoms with Gasteiger partial charge in [-0.2, -0.15) is 0 Å². The molecular weight excluding hydrogens is 956 g/mol. The SMILES string of the molecule is CC(C)(C)OC(=O)OC(=O)OC(C)(C)C.Cc1[nH]c(Br)nc1[C@@H]1CCCN1C(=O)OC(C)(C)C.Cc1[nH]c(Br)nc1[C@@H]1CCCN1C(c1ccccc1)(c1ccccc1)c1ccccc1. The molecule has 4 heterocycles. The van der Waals surface area contributed by atoms with Crippen LogP contribution in [-0.2, 0) is 24.5 Å². The highest BCUT2D eigenvalue weighted by atomic mass is 79.9. The Balaban J connectivity index is 0.000000201. The lowest BCUT2D eigenvalue weighted by atomic mass is 9.75. The lowest BCUT2D eigenvalue weighted by molar-refractivity contribution is -0.0294. The van der Waals surface area contributed by atoms with Gasteiger partial charge in [0.2, 0.25) is 0 Å². The number of ether oxygens (including phenoxy) is 4. The number of H-pyrrole nitrogens is 2. The van der Waals surface area contributed by atoms with E-state index in [0.717, 1.165) is 66.3 Å². The molecule has 2 fully saturated rings. The fraction of sp³-hybridized carbons (Fsp3) is 0.460. The molecule has 2 atom stereocenters. The van der Waals surface area contributed by atoms with Crippen LogP contribution in [0.3, 0.4) is 0 Å². The summed E-state index contributed by atoms with van der Waals surface area (Å²) in [6.07, 6.45) is 1.77. The second kappa shape index (κ2) is 21.5. The van der Waals surface area contributed by atoms with Crippen molar-refractivity contribution >= 4 is 50.3 Å². The van der Waals surface area contributed by atoms with Gasteiger partial charge in [0.15, 0.2) is 9.47 Å². The van der Waals surface area contributed by atoms with Crippen LogP contribution in [0.4, 0.5) is 14.4 Å².